The molecule has 0 saturated carbocycles. The van der Waals surface area contributed by atoms with E-state index in [0.717, 1.165) is 17.0 Å². The Morgan fingerprint density at radius 3 is 2.58 bits per heavy atom. The van der Waals surface area contributed by atoms with E-state index in [-0.39, 0.29) is 11.7 Å². The van der Waals surface area contributed by atoms with Gasteiger partial charge in [0.2, 0.25) is 5.91 Å². The number of nitrogens with zero attached hydrogens (tertiary/aromatic N) is 2. The van der Waals surface area contributed by atoms with E-state index in [1.807, 2.05) is 25.1 Å². The van der Waals surface area contributed by atoms with Crippen molar-refractivity contribution in [3.05, 3.63) is 70.9 Å². The summed E-state index contributed by atoms with van der Waals surface area (Å²) in [5, 5.41) is 3.99. The number of halogens is 1. The second kappa shape index (κ2) is 8.34. The van der Waals surface area contributed by atoms with Gasteiger partial charge in [-0.05, 0) is 38.1 Å². The fraction of sp³-hybridized carbons (Fsp3) is 0.150. The second-order valence-electron chi connectivity index (χ2n) is 5.89. The van der Waals surface area contributed by atoms with E-state index in [0.29, 0.717) is 15.9 Å². The Bertz CT molecular complexity index is 929. The third-order valence-electron chi connectivity index (χ3n) is 3.62. The van der Waals surface area contributed by atoms with Gasteiger partial charge in [0.05, 0.1) is 11.4 Å². The number of nitrogens with one attached hydrogen (secondary N) is 1. The number of hydrogen-bond donors (Lipinski definition) is 1. The Kier molecular flexibility index (Phi) is 5.91. The van der Waals surface area contributed by atoms with Gasteiger partial charge in [-0.25, -0.2) is 9.97 Å². The Balaban J connectivity index is 1.68. The number of amides is 1. The molecule has 0 unspecified atom stereocenters. The number of anilines is 1. The number of aromatic nitrogens is 2. The third-order valence-corrected chi connectivity index (χ3v) is 4.70. The Morgan fingerprint density at radius 2 is 1.85 bits per heavy atom. The van der Waals surface area contributed by atoms with Crippen molar-refractivity contribution in [2.75, 3.05) is 11.1 Å². The zero-order valence-electron chi connectivity index (χ0n) is 14.5. The van der Waals surface area contributed by atoms with Crippen LogP contribution < -0.4 is 5.32 Å². The molecule has 0 aliphatic carbocycles. The molecule has 0 aliphatic heterocycles. The van der Waals surface area contributed by atoms with Crippen LogP contribution in [0.4, 0.5) is 5.69 Å². The molecule has 0 saturated heterocycles. The summed E-state index contributed by atoms with van der Waals surface area (Å²) < 4.78 is 0. The first-order valence-electron chi connectivity index (χ1n) is 8.10. The van der Waals surface area contributed by atoms with Crippen molar-refractivity contribution >= 4 is 35.0 Å². The molecule has 0 radical (unpaired) electrons. The van der Waals surface area contributed by atoms with Crippen LogP contribution in [0, 0.1) is 13.8 Å². The summed E-state index contributed by atoms with van der Waals surface area (Å²) in [6.45, 7) is 3.98. The number of rotatable bonds is 5. The summed E-state index contributed by atoms with van der Waals surface area (Å²) in [6, 6.07) is 17.2. The monoisotopic (exact) mass is 383 g/mol. The van der Waals surface area contributed by atoms with Crippen LogP contribution in [-0.2, 0) is 4.79 Å². The molecule has 1 heterocycles. The van der Waals surface area contributed by atoms with Gasteiger partial charge in [0.25, 0.3) is 0 Å². The molecule has 1 N–H and O–H groups in total. The largest absolute Gasteiger partial charge is 0.325 e. The van der Waals surface area contributed by atoms with Crippen LogP contribution in [0.1, 0.15) is 11.3 Å². The van der Waals surface area contributed by atoms with Crippen LogP contribution in [0.2, 0.25) is 5.02 Å². The molecule has 3 aromatic rings. The molecule has 2 aromatic carbocycles. The van der Waals surface area contributed by atoms with Gasteiger partial charge in [-0.3, -0.25) is 4.79 Å². The topological polar surface area (TPSA) is 54.9 Å². The van der Waals surface area contributed by atoms with Crippen molar-refractivity contribution in [2.24, 2.45) is 0 Å². The van der Waals surface area contributed by atoms with Gasteiger partial charge in [0.1, 0.15) is 0 Å². The Labute approximate surface area is 162 Å². The highest BCUT2D eigenvalue weighted by molar-refractivity contribution is 7.99. The van der Waals surface area contributed by atoms with E-state index in [1.54, 1.807) is 24.3 Å². The minimum absolute atomic E-state index is 0.126. The van der Waals surface area contributed by atoms with E-state index in [2.05, 4.69) is 34.3 Å². The summed E-state index contributed by atoms with van der Waals surface area (Å²) in [4.78, 5) is 21.1. The number of thioether (sulfide) groups is 1. The lowest BCUT2D eigenvalue weighted by molar-refractivity contribution is -0.113. The first kappa shape index (κ1) is 18.4. The molecule has 4 nitrogen and oxygen atoms in total. The molecule has 1 aromatic heterocycles. The number of benzene rings is 2. The summed E-state index contributed by atoms with van der Waals surface area (Å²) in [5.74, 6) is 0.0998. The molecule has 0 atom stereocenters. The van der Waals surface area contributed by atoms with E-state index in [9.17, 15) is 4.79 Å². The van der Waals surface area contributed by atoms with Crippen LogP contribution in [0.5, 0.6) is 0 Å². The maximum absolute atomic E-state index is 12.1. The van der Waals surface area contributed by atoms with Crippen LogP contribution in [0.25, 0.3) is 11.3 Å². The van der Waals surface area contributed by atoms with Gasteiger partial charge in [-0.2, -0.15) is 0 Å². The molecule has 0 bridgehead atoms. The lowest BCUT2D eigenvalue weighted by Gasteiger charge is -2.07. The lowest BCUT2D eigenvalue weighted by Crippen LogP contribution is -2.14. The number of aryl methyl sites for hydroxylation is 2. The number of carbonyl (C=O) groups is 1. The predicted octanol–water partition coefficient (Wildman–Crippen LogP) is 5.14. The quantitative estimate of drug-likeness (QED) is 0.489. The van der Waals surface area contributed by atoms with Gasteiger partial charge in [-0.15, -0.1) is 0 Å². The van der Waals surface area contributed by atoms with Crippen molar-refractivity contribution in [3.63, 3.8) is 0 Å². The average molecular weight is 384 g/mol. The molecular formula is C20H18ClN3OS. The minimum atomic E-state index is -0.126. The summed E-state index contributed by atoms with van der Waals surface area (Å²) in [6.07, 6.45) is 0. The van der Waals surface area contributed by atoms with Crippen molar-refractivity contribution in [1.29, 1.82) is 0 Å². The SMILES string of the molecule is Cc1ccc(-c2cc(C)nc(SCC(=O)Nc3cccc(Cl)c3)n2)cc1. The van der Waals surface area contributed by atoms with Crippen LogP contribution in [0.3, 0.4) is 0 Å². The van der Waals surface area contributed by atoms with Crippen LogP contribution in [-0.4, -0.2) is 21.6 Å². The molecule has 3 rings (SSSR count). The lowest BCUT2D eigenvalue weighted by atomic mass is 10.1. The summed E-state index contributed by atoms with van der Waals surface area (Å²) in [5.41, 5.74) is 4.63. The van der Waals surface area contributed by atoms with Gasteiger partial charge in [0, 0.05) is 22.0 Å². The van der Waals surface area contributed by atoms with Crippen LogP contribution >= 0.6 is 23.4 Å². The fourth-order valence-corrected chi connectivity index (χ4v) is 3.27. The molecule has 132 valence electrons. The molecule has 6 heteroatoms. The minimum Gasteiger partial charge on any atom is -0.325 e. The number of hydrogen-bond acceptors (Lipinski definition) is 4. The van der Waals surface area contributed by atoms with Gasteiger partial charge in [0.15, 0.2) is 5.16 Å². The maximum atomic E-state index is 12.1. The Morgan fingerprint density at radius 1 is 1.08 bits per heavy atom. The maximum Gasteiger partial charge on any atom is 0.234 e. The molecule has 26 heavy (non-hydrogen) atoms. The first-order valence-corrected chi connectivity index (χ1v) is 9.47. The van der Waals surface area contributed by atoms with Crippen LogP contribution in [0.15, 0.2) is 59.8 Å². The van der Waals surface area contributed by atoms with Crippen molar-refractivity contribution in [1.82, 2.24) is 9.97 Å². The average Bonchev–Trinajstić information content (AvgIpc) is 2.60. The van der Waals surface area contributed by atoms with Crippen molar-refractivity contribution in [3.8, 4) is 11.3 Å². The highest BCUT2D eigenvalue weighted by Crippen LogP contribution is 2.22. The van der Waals surface area contributed by atoms with E-state index in [4.69, 9.17) is 11.6 Å². The Hall–Kier alpha value is -2.37. The fourth-order valence-electron chi connectivity index (χ4n) is 2.37. The third kappa shape index (κ3) is 5.07. The second-order valence-corrected chi connectivity index (χ2v) is 7.27. The summed E-state index contributed by atoms with van der Waals surface area (Å²) in [7, 11) is 0. The number of carbonyl (C=O) groups excluding carboxylic acids is 1. The van der Waals surface area contributed by atoms with Gasteiger partial charge in [-0.1, -0.05) is 59.3 Å². The van der Waals surface area contributed by atoms with E-state index in [1.165, 1.54) is 17.3 Å². The molecular weight excluding hydrogens is 366 g/mol. The normalized spacial score (nSPS) is 10.6. The molecule has 0 spiro atoms. The first-order chi connectivity index (χ1) is 12.5. The highest BCUT2D eigenvalue weighted by atomic mass is 35.5. The van der Waals surface area contributed by atoms with E-state index >= 15 is 0 Å². The molecule has 1 amide bonds. The van der Waals surface area contributed by atoms with Gasteiger partial charge >= 0.3 is 0 Å². The van der Waals surface area contributed by atoms with Crippen molar-refractivity contribution in [2.45, 2.75) is 19.0 Å². The van der Waals surface area contributed by atoms with Gasteiger partial charge < -0.3 is 5.32 Å². The van der Waals surface area contributed by atoms with Crippen molar-refractivity contribution < 1.29 is 4.79 Å². The zero-order chi connectivity index (χ0) is 18.5. The highest BCUT2D eigenvalue weighted by Gasteiger charge is 2.09. The van der Waals surface area contributed by atoms with E-state index < -0.39 is 0 Å². The smallest absolute Gasteiger partial charge is 0.234 e. The summed E-state index contributed by atoms with van der Waals surface area (Å²) >= 11 is 7.24. The predicted molar refractivity (Wildman–Crippen MR) is 108 cm³/mol. The molecule has 0 fully saturated rings. The zero-order valence-corrected chi connectivity index (χ0v) is 16.1. The molecule has 0 aliphatic rings. The standard InChI is InChI=1S/C20H18ClN3OS/c1-13-6-8-15(9-7-13)18-10-14(2)22-20(24-18)26-12-19(25)23-17-5-3-4-16(21)11-17/h3-11H,12H2,1-2H3,(H,23,25).